The van der Waals surface area contributed by atoms with E-state index in [0.29, 0.717) is 6.10 Å². The zero-order valence-electron chi connectivity index (χ0n) is 10.3. The van der Waals surface area contributed by atoms with Crippen molar-refractivity contribution in [2.75, 3.05) is 18.5 Å². The van der Waals surface area contributed by atoms with Crippen molar-refractivity contribution in [3.8, 4) is 6.07 Å². The summed E-state index contributed by atoms with van der Waals surface area (Å²) in [5.74, 6) is -0.470. The van der Waals surface area contributed by atoms with Gasteiger partial charge in [0, 0.05) is 18.8 Å². The molecule has 1 fully saturated rings. The van der Waals surface area contributed by atoms with Gasteiger partial charge >= 0.3 is 0 Å². The molecule has 96 valence electrons. The minimum atomic E-state index is -0.470. The highest BCUT2D eigenvalue weighted by Crippen LogP contribution is 2.17. The van der Waals surface area contributed by atoms with Crippen LogP contribution >= 0.6 is 0 Å². The van der Waals surface area contributed by atoms with Gasteiger partial charge in [-0.3, -0.25) is 0 Å². The van der Waals surface area contributed by atoms with E-state index in [2.05, 4.69) is 5.32 Å². The lowest BCUT2D eigenvalue weighted by atomic mass is 10.1. The minimum Gasteiger partial charge on any atom is -0.385 e. The van der Waals surface area contributed by atoms with Gasteiger partial charge in [0.25, 0.3) is 0 Å². The second-order valence-corrected chi connectivity index (χ2v) is 4.51. The first kappa shape index (κ1) is 12.8. The summed E-state index contributed by atoms with van der Waals surface area (Å²) in [7, 11) is 0. The number of nitrogens with one attached hydrogen (secondary N) is 1. The molecular weight excluding hydrogens is 231 g/mol. The lowest BCUT2D eigenvalue weighted by Crippen LogP contribution is -2.09. The Hall–Kier alpha value is -1.60. The predicted molar refractivity (Wildman–Crippen MR) is 67.8 cm³/mol. The van der Waals surface area contributed by atoms with E-state index in [1.165, 1.54) is 12.5 Å². The molecule has 0 aromatic heterocycles. The molecule has 0 amide bonds. The van der Waals surface area contributed by atoms with E-state index in [9.17, 15) is 4.39 Å². The second-order valence-electron chi connectivity index (χ2n) is 4.51. The summed E-state index contributed by atoms with van der Waals surface area (Å²) in [5.41, 5.74) is 0.874. The van der Waals surface area contributed by atoms with Crippen LogP contribution in [0.4, 0.5) is 10.1 Å². The molecule has 2 rings (SSSR count). The van der Waals surface area contributed by atoms with Crippen LogP contribution in [0.2, 0.25) is 0 Å². The fourth-order valence-corrected chi connectivity index (χ4v) is 2.16. The van der Waals surface area contributed by atoms with Crippen LogP contribution in [-0.2, 0) is 4.74 Å². The molecule has 1 atom stereocenters. The van der Waals surface area contributed by atoms with Gasteiger partial charge < -0.3 is 10.1 Å². The molecule has 0 saturated carbocycles. The number of hydrogen-bond donors (Lipinski definition) is 1. The number of benzene rings is 1. The van der Waals surface area contributed by atoms with Crippen molar-refractivity contribution in [3.63, 3.8) is 0 Å². The Morgan fingerprint density at radius 1 is 1.50 bits per heavy atom. The molecule has 1 aromatic rings. The molecule has 1 heterocycles. The second kappa shape index (κ2) is 6.36. The zero-order valence-corrected chi connectivity index (χ0v) is 10.3. The molecule has 1 N–H and O–H groups in total. The van der Waals surface area contributed by atoms with Crippen molar-refractivity contribution in [1.82, 2.24) is 0 Å². The molecule has 3 nitrogen and oxygen atoms in total. The summed E-state index contributed by atoms with van der Waals surface area (Å²) >= 11 is 0. The Bertz CT molecular complexity index is 436. The fraction of sp³-hybridized carbons (Fsp3) is 0.500. The van der Waals surface area contributed by atoms with Crippen molar-refractivity contribution in [3.05, 3.63) is 29.6 Å². The lowest BCUT2D eigenvalue weighted by molar-refractivity contribution is 0.103. The van der Waals surface area contributed by atoms with Gasteiger partial charge in [-0.15, -0.1) is 0 Å². The summed E-state index contributed by atoms with van der Waals surface area (Å²) in [6.07, 6.45) is 4.81. The normalized spacial score (nSPS) is 18.6. The maximum absolute atomic E-state index is 13.1. The molecule has 4 heteroatoms. The molecule has 1 aromatic carbocycles. The molecule has 0 spiro atoms. The van der Waals surface area contributed by atoms with E-state index >= 15 is 0 Å². The zero-order chi connectivity index (χ0) is 12.8. The highest BCUT2D eigenvalue weighted by Gasteiger charge is 2.14. The van der Waals surface area contributed by atoms with Gasteiger partial charge in [0.15, 0.2) is 0 Å². The maximum Gasteiger partial charge on any atom is 0.141 e. The van der Waals surface area contributed by atoms with Crippen LogP contribution in [-0.4, -0.2) is 19.3 Å². The van der Waals surface area contributed by atoms with Crippen LogP contribution in [0.1, 0.15) is 31.2 Å². The Morgan fingerprint density at radius 3 is 3.11 bits per heavy atom. The van der Waals surface area contributed by atoms with Crippen molar-refractivity contribution >= 4 is 5.69 Å². The van der Waals surface area contributed by atoms with Gasteiger partial charge in [0.2, 0.25) is 0 Å². The third kappa shape index (κ3) is 3.44. The van der Waals surface area contributed by atoms with E-state index < -0.39 is 5.82 Å². The van der Waals surface area contributed by atoms with E-state index in [4.69, 9.17) is 10.00 Å². The number of ether oxygens (including phenoxy) is 1. The lowest BCUT2D eigenvalue weighted by Gasteiger charge is -2.10. The molecule has 1 aliphatic heterocycles. The monoisotopic (exact) mass is 248 g/mol. The van der Waals surface area contributed by atoms with Gasteiger partial charge in [0.1, 0.15) is 11.9 Å². The predicted octanol–water partition coefficient (Wildman–Crippen LogP) is 3.07. The van der Waals surface area contributed by atoms with Crippen molar-refractivity contribution in [1.29, 1.82) is 5.26 Å². The Labute approximate surface area is 107 Å². The van der Waals surface area contributed by atoms with E-state index in [0.717, 1.165) is 38.1 Å². The molecule has 0 bridgehead atoms. The van der Waals surface area contributed by atoms with E-state index in [1.807, 2.05) is 6.07 Å². The quantitative estimate of drug-likeness (QED) is 0.814. The average molecular weight is 248 g/mol. The number of anilines is 1. The van der Waals surface area contributed by atoms with Crippen LogP contribution in [0, 0.1) is 17.1 Å². The molecule has 0 radical (unpaired) electrons. The topological polar surface area (TPSA) is 45.0 Å². The molecule has 0 aliphatic carbocycles. The Balaban J connectivity index is 1.74. The van der Waals surface area contributed by atoms with Crippen LogP contribution in [0.5, 0.6) is 0 Å². The molecule has 18 heavy (non-hydrogen) atoms. The maximum atomic E-state index is 13.1. The van der Waals surface area contributed by atoms with Crippen molar-refractivity contribution in [2.45, 2.75) is 31.8 Å². The molecule has 1 aliphatic rings. The highest BCUT2D eigenvalue weighted by atomic mass is 19.1. The van der Waals surface area contributed by atoms with Crippen LogP contribution in [0.15, 0.2) is 18.2 Å². The van der Waals surface area contributed by atoms with Gasteiger partial charge in [-0.2, -0.15) is 5.26 Å². The minimum absolute atomic E-state index is 0.0825. The van der Waals surface area contributed by atoms with Gasteiger partial charge in [-0.1, -0.05) is 0 Å². The first-order chi connectivity index (χ1) is 8.79. The fourth-order valence-electron chi connectivity index (χ4n) is 2.16. The third-order valence-corrected chi connectivity index (χ3v) is 3.14. The van der Waals surface area contributed by atoms with E-state index in [-0.39, 0.29) is 5.56 Å². The number of rotatable bonds is 5. The van der Waals surface area contributed by atoms with Gasteiger partial charge in [0.05, 0.1) is 11.7 Å². The molecule has 1 unspecified atom stereocenters. The number of hydrogen-bond acceptors (Lipinski definition) is 3. The van der Waals surface area contributed by atoms with Gasteiger partial charge in [-0.25, -0.2) is 4.39 Å². The summed E-state index contributed by atoms with van der Waals surface area (Å²) in [4.78, 5) is 0. The van der Waals surface area contributed by atoms with Crippen LogP contribution in [0.25, 0.3) is 0 Å². The first-order valence-corrected chi connectivity index (χ1v) is 6.35. The Kier molecular flexibility index (Phi) is 4.54. The first-order valence-electron chi connectivity index (χ1n) is 6.35. The summed E-state index contributed by atoms with van der Waals surface area (Å²) in [5, 5.41) is 11.9. The molecular formula is C14H17FN2O. The Morgan fingerprint density at radius 2 is 2.39 bits per heavy atom. The molecule has 1 saturated heterocycles. The van der Waals surface area contributed by atoms with Crippen LogP contribution < -0.4 is 5.32 Å². The average Bonchev–Trinajstić information content (AvgIpc) is 2.89. The van der Waals surface area contributed by atoms with Crippen molar-refractivity contribution < 1.29 is 9.13 Å². The summed E-state index contributed by atoms with van der Waals surface area (Å²) < 4.78 is 18.6. The van der Waals surface area contributed by atoms with E-state index in [1.54, 1.807) is 12.1 Å². The highest BCUT2D eigenvalue weighted by molar-refractivity contribution is 5.49. The van der Waals surface area contributed by atoms with Crippen molar-refractivity contribution in [2.24, 2.45) is 0 Å². The SMILES string of the molecule is N#Cc1cc(NCCCC2CCCO2)ccc1F. The smallest absolute Gasteiger partial charge is 0.141 e. The third-order valence-electron chi connectivity index (χ3n) is 3.14. The number of nitrogens with zero attached hydrogens (tertiary/aromatic N) is 1. The van der Waals surface area contributed by atoms with Gasteiger partial charge in [-0.05, 0) is 43.9 Å². The number of nitriles is 1. The van der Waals surface area contributed by atoms with Crippen LogP contribution in [0.3, 0.4) is 0 Å². The summed E-state index contributed by atoms with van der Waals surface area (Å²) in [6, 6.07) is 6.35. The summed E-state index contributed by atoms with van der Waals surface area (Å²) in [6.45, 7) is 1.71. The number of halogens is 1. The largest absolute Gasteiger partial charge is 0.385 e. The standard InChI is InChI=1S/C14H17FN2O/c15-14-6-5-12(9-11(14)10-16)17-7-1-3-13-4-2-8-18-13/h5-6,9,13,17H,1-4,7-8H2.